The first kappa shape index (κ1) is 20.1. The highest BCUT2D eigenvalue weighted by Crippen LogP contribution is 2.36. The Morgan fingerprint density at radius 3 is 2.64 bits per heavy atom. The lowest BCUT2D eigenvalue weighted by Crippen LogP contribution is -2.52. The summed E-state index contributed by atoms with van der Waals surface area (Å²) in [6.45, 7) is 4.61. The van der Waals surface area contributed by atoms with Crippen LogP contribution in [0.4, 0.5) is 0 Å². The molecule has 0 aromatic rings. The van der Waals surface area contributed by atoms with E-state index < -0.39 is 0 Å². The molecule has 1 N–H and O–H groups in total. The molecule has 0 spiro atoms. The van der Waals surface area contributed by atoms with Crippen LogP contribution in [-0.4, -0.2) is 61.7 Å². The maximum absolute atomic E-state index is 13.1. The Morgan fingerprint density at radius 2 is 2.05 bits per heavy atom. The van der Waals surface area contributed by atoms with Gasteiger partial charge in [-0.05, 0) is 50.9 Å². The number of halogens is 1. The predicted molar refractivity (Wildman–Crippen MR) is 96.0 cm³/mol. The number of methoxy groups -OCH3 is 1. The molecule has 1 saturated heterocycles. The van der Waals surface area contributed by atoms with Crippen LogP contribution in [0.25, 0.3) is 0 Å². The monoisotopic (exact) mass is 350 g/mol. The number of hydrogen-bond acceptors (Lipinski definition) is 4. The van der Waals surface area contributed by atoms with Crippen LogP contribution >= 0.6 is 24.2 Å². The third-order valence-corrected chi connectivity index (χ3v) is 6.30. The second kappa shape index (κ2) is 9.36. The van der Waals surface area contributed by atoms with Gasteiger partial charge in [0.1, 0.15) is 0 Å². The largest absolute Gasteiger partial charge is 0.384 e. The van der Waals surface area contributed by atoms with Crippen molar-refractivity contribution in [3.8, 4) is 0 Å². The Bertz CT molecular complexity index is 346. The summed E-state index contributed by atoms with van der Waals surface area (Å²) in [4.78, 5) is 15.1. The summed E-state index contributed by atoms with van der Waals surface area (Å²) >= 11 is 2.04. The number of carbonyl (C=O) groups excluding carboxylic acids is 1. The average molecular weight is 351 g/mol. The van der Waals surface area contributed by atoms with Gasteiger partial charge in [0.15, 0.2) is 0 Å². The number of piperidine rings is 1. The zero-order valence-electron chi connectivity index (χ0n) is 14.1. The fourth-order valence-corrected chi connectivity index (χ4v) is 4.93. The third-order valence-electron chi connectivity index (χ3n) is 5.06. The first-order chi connectivity index (χ1) is 10.1. The van der Waals surface area contributed by atoms with Gasteiger partial charge in [0.2, 0.25) is 5.91 Å². The molecule has 2 aliphatic rings. The number of rotatable bonds is 6. The Labute approximate surface area is 145 Å². The van der Waals surface area contributed by atoms with Crippen LogP contribution in [0.2, 0.25) is 0 Å². The maximum Gasteiger partial charge on any atom is 0.231 e. The topological polar surface area (TPSA) is 41.6 Å². The lowest BCUT2D eigenvalue weighted by Gasteiger charge is -2.40. The molecule has 2 atom stereocenters. The summed E-state index contributed by atoms with van der Waals surface area (Å²) in [5, 5.41) is 4.09. The van der Waals surface area contributed by atoms with Crippen molar-refractivity contribution in [2.45, 2.75) is 50.3 Å². The van der Waals surface area contributed by atoms with Gasteiger partial charge in [0.05, 0.1) is 12.0 Å². The molecule has 22 heavy (non-hydrogen) atoms. The summed E-state index contributed by atoms with van der Waals surface area (Å²) < 4.78 is 5.40. The Hall–Kier alpha value is 0.0300. The molecular weight excluding hydrogens is 320 g/mol. The van der Waals surface area contributed by atoms with Gasteiger partial charge in [-0.3, -0.25) is 4.79 Å². The van der Waals surface area contributed by atoms with Gasteiger partial charge < -0.3 is 15.0 Å². The lowest BCUT2D eigenvalue weighted by atomic mass is 9.78. The van der Waals surface area contributed by atoms with Gasteiger partial charge in [-0.15, -0.1) is 12.4 Å². The number of nitrogens with zero attached hydrogens (tertiary/aromatic N) is 1. The number of thioether (sulfide) groups is 1. The molecule has 0 aromatic heterocycles. The average Bonchev–Trinajstić information content (AvgIpc) is 2.96. The molecule has 1 aliphatic carbocycles. The van der Waals surface area contributed by atoms with Crippen LogP contribution in [0.15, 0.2) is 0 Å². The number of ether oxygens (including phenoxy) is 1. The molecule has 6 heteroatoms. The standard InChI is InChI=1S/C16H30N2O2S.ClH/c1-4-21-14-6-5-13(11-14)18(2)15(19)16(12-20-3)7-9-17-10-8-16;/h13-14,17H,4-12H2,1-3H3;1H. The number of nitrogens with one attached hydrogen (secondary N) is 1. The fraction of sp³-hybridized carbons (Fsp3) is 0.938. The van der Waals surface area contributed by atoms with E-state index >= 15 is 0 Å². The van der Waals surface area contributed by atoms with Crippen molar-refractivity contribution < 1.29 is 9.53 Å². The van der Waals surface area contributed by atoms with Crippen LogP contribution in [0.1, 0.15) is 39.0 Å². The zero-order chi connectivity index (χ0) is 15.3. The van der Waals surface area contributed by atoms with Crippen molar-refractivity contribution in [3.63, 3.8) is 0 Å². The van der Waals surface area contributed by atoms with Crippen molar-refractivity contribution in [2.24, 2.45) is 5.41 Å². The highest BCUT2D eigenvalue weighted by atomic mass is 35.5. The second-order valence-corrected chi connectivity index (χ2v) is 8.00. The van der Waals surface area contributed by atoms with Gasteiger partial charge in [0.25, 0.3) is 0 Å². The van der Waals surface area contributed by atoms with Crippen LogP contribution < -0.4 is 5.32 Å². The van der Waals surface area contributed by atoms with Crippen LogP contribution in [0.5, 0.6) is 0 Å². The van der Waals surface area contributed by atoms with E-state index in [0.29, 0.717) is 18.6 Å². The molecule has 1 aliphatic heterocycles. The molecule has 130 valence electrons. The number of carbonyl (C=O) groups is 1. The van der Waals surface area contributed by atoms with Crippen molar-refractivity contribution in [1.29, 1.82) is 0 Å². The molecule has 1 saturated carbocycles. The van der Waals surface area contributed by atoms with Crippen molar-refractivity contribution in [3.05, 3.63) is 0 Å². The van der Waals surface area contributed by atoms with Gasteiger partial charge >= 0.3 is 0 Å². The van der Waals surface area contributed by atoms with Gasteiger partial charge in [-0.25, -0.2) is 0 Å². The molecule has 2 fully saturated rings. The summed E-state index contributed by atoms with van der Waals surface area (Å²) in [7, 11) is 3.71. The molecule has 2 unspecified atom stereocenters. The van der Waals surface area contributed by atoms with E-state index in [1.165, 1.54) is 12.2 Å². The third kappa shape index (κ3) is 4.53. The van der Waals surface area contributed by atoms with E-state index in [-0.39, 0.29) is 17.8 Å². The van der Waals surface area contributed by atoms with E-state index in [2.05, 4.69) is 12.2 Å². The molecule has 0 radical (unpaired) electrons. The van der Waals surface area contributed by atoms with Crippen LogP contribution in [0, 0.1) is 5.41 Å². The lowest BCUT2D eigenvalue weighted by molar-refractivity contribution is -0.148. The number of amides is 1. The highest BCUT2D eigenvalue weighted by molar-refractivity contribution is 7.99. The van der Waals surface area contributed by atoms with E-state index in [1.807, 2.05) is 23.7 Å². The first-order valence-electron chi connectivity index (χ1n) is 8.21. The molecule has 0 bridgehead atoms. The minimum atomic E-state index is -0.301. The molecule has 4 nitrogen and oxygen atoms in total. The van der Waals surface area contributed by atoms with Crippen molar-refractivity contribution >= 4 is 30.1 Å². The van der Waals surface area contributed by atoms with Gasteiger partial charge in [0, 0.05) is 25.4 Å². The maximum atomic E-state index is 13.1. The van der Waals surface area contributed by atoms with Gasteiger partial charge in [-0.2, -0.15) is 11.8 Å². The van der Waals surface area contributed by atoms with Crippen LogP contribution in [0.3, 0.4) is 0 Å². The Kier molecular flexibility index (Phi) is 8.54. The Balaban J connectivity index is 0.00000242. The summed E-state index contributed by atoms with van der Waals surface area (Å²) in [6.07, 6.45) is 5.34. The molecular formula is C16H31ClN2O2S. The minimum absolute atomic E-state index is 0. The first-order valence-corrected chi connectivity index (χ1v) is 9.26. The van der Waals surface area contributed by atoms with E-state index in [9.17, 15) is 4.79 Å². The fourth-order valence-electron chi connectivity index (χ4n) is 3.80. The summed E-state index contributed by atoms with van der Waals surface area (Å²) in [5.41, 5.74) is -0.301. The minimum Gasteiger partial charge on any atom is -0.384 e. The molecule has 2 rings (SSSR count). The van der Waals surface area contributed by atoms with Crippen LogP contribution in [-0.2, 0) is 9.53 Å². The smallest absolute Gasteiger partial charge is 0.231 e. The summed E-state index contributed by atoms with van der Waals surface area (Å²) in [5.74, 6) is 1.48. The van der Waals surface area contributed by atoms with Crippen molar-refractivity contribution in [1.82, 2.24) is 10.2 Å². The van der Waals surface area contributed by atoms with Gasteiger partial charge in [-0.1, -0.05) is 6.92 Å². The van der Waals surface area contributed by atoms with Crippen molar-refractivity contribution in [2.75, 3.05) is 39.6 Å². The normalized spacial score (nSPS) is 27.2. The Morgan fingerprint density at radius 1 is 1.36 bits per heavy atom. The quantitative estimate of drug-likeness (QED) is 0.799. The molecule has 1 heterocycles. The number of hydrogen-bond donors (Lipinski definition) is 1. The molecule has 0 aromatic carbocycles. The van der Waals surface area contributed by atoms with E-state index in [4.69, 9.17) is 4.74 Å². The predicted octanol–water partition coefficient (Wildman–Crippen LogP) is 2.56. The van der Waals surface area contributed by atoms with E-state index in [1.54, 1.807) is 7.11 Å². The van der Waals surface area contributed by atoms with E-state index in [0.717, 1.165) is 44.0 Å². The SMILES string of the molecule is CCSC1CCC(N(C)C(=O)C2(COC)CCNCC2)C1.Cl. The molecule has 1 amide bonds. The zero-order valence-corrected chi connectivity index (χ0v) is 15.7. The summed E-state index contributed by atoms with van der Waals surface area (Å²) in [6, 6.07) is 0.421. The highest BCUT2D eigenvalue weighted by Gasteiger charge is 2.43. The second-order valence-electron chi connectivity index (χ2n) is 6.42.